The average Bonchev–Trinajstić information content (AvgIpc) is 2.93. The summed E-state index contributed by atoms with van der Waals surface area (Å²) in [4.78, 5) is 7.50. The maximum Gasteiger partial charge on any atom is 0.185 e. The van der Waals surface area contributed by atoms with Crippen molar-refractivity contribution in [2.75, 3.05) is 6.54 Å². The number of nitrogens with two attached hydrogens (primary N) is 2. The summed E-state index contributed by atoms with van der Waals surface area (Å²) in [5.74, 6) is 0.0730. The van der Waals surface area contributed by atoms with Gasteiger partial charge in [-0.25, -0.2) is 0 Å². The molecule has 0 amide bonds. The highest BCUT2D eigenvalue weighted by atomic mass is 35.5. The Balaban J connectivity index is 2.13. The monoisotopic (exact) mass is 312 g/mol. The topological polar surface area (TPSA) is 80.2 Å². The minimum absolute atomic E-state index is 0.00745. The molecule has 0 aliphatic carbocycles. The predicted molar refractivity (Wildman–Crippen MR) is 92.3 cm³/mol. The van der Waals surface area contributed by atoms with Gasteiger partial charge in [0, 0.05) is 28.0 Å². The van der Waals surface area contributed by atoms with E-state index in [1.54, 1.807) is 0 Å². The van der Waals surface area contributed by atoms with E-state index in [1.807, 2.05) is 48.7 Å². The minimum Gasteiger partial charge on any atom is -0.370 e. The van der Waals surface area contributed by atoms with Gasteiger partial charge in [-0.2, -0.15) is 0 Å². The number of nitrogens with one attached hydrogen (secondary N) is 1. The third-order valence-electron chi connectivity index (χ3n) is 3.73. The van der Waals surface area contributed by atoms with Gasteiger partial charge in [0.2, 0.25) is 0 Å². The number of hydrogen-bond donors (Lipinski definition) is 3. The van der Waals surface area contributed by atoms with Crippen LogP contribution in [0.1, 0.15) is 17.0 Å². The molecule has 0 radical (unpaired) electrons. The highest BCUT2D eigenvalue weighted by molar-refractivity contribution is 6.31. The van der Waals surface area contributed by atoms with Crippen molar-refractivity contribution in [3.63, 3.8) is 0 Å². The summed E-state index contributed by atoms with van der Waals surface area (Å²) in [6.45, 7) is 0.452. The molecule has 5 N–H and O–H groups in total. The highest BCUT2D eigenvalue weighted by Crippen LogP contribution is 2.34. The molecule has 0 saturated carbocycles. The lowest BCUT2D eigenvalue weighted by atomic mass is 9.91. The van der Waals surface area contributed by atoms with Crippen molar-refractivity contribution >= 4 is 28.5 Å². The Hall–Kier alpha value is -2.46. The molecule has 1 atom stereocenters. The van der Waals surface area contributed by atoms with Crippen molar-refractivity contribution in [1.29, 1.82) is 0 Å². The first-order valence-electron chi connectivity index (χ1n) is 7.02. The number of guanidine groups is 1. The number of halogens is 1. The first-order chi connectivity index (χ1) is 10.7. The number of aromatic nitrogens is 1. The Morgan fingerprint density at radius 1 is 1.05 bits per heavy atom. The maximum atomic E-state index is 6.38. The van der Waals surface area contributed by atoms with E-state index < -0.39 is 0 Å². The fraction of sp³-hybridized carbons (Fsp3) is 0.118. The molecule has 0 aliphatic heterocycles. The molecule has 0 spiro atoms. The standard InChI is InChI=1S/C17H17ClN4/c18-15-7-3-1-5-11(15)13(10-22-17(19)20)14-9-21-16-8-4-2-6-12(14)16/h1-9,13,21H,10H2,(H4,19,20,22)/t13-/m0/s1. The van der Waals surface area contributed by atoms with Crippen LogP contribution in [0.4, 0.5) is 0 Å². The number of benzene rings is 2. The largest absolute Gasteiger partial charge is 0.370 e. The Bertz CT molecular complexity index is 818. The van der Waals surface area contributed by atoms with Crippen molar-refractivity contribution in [3.8, 4) is 0 Å². The lowest BCUT2D eigenvalue weighted by molar-refractivity contribution is 0.824. The quantitative estimate of drug-likeness (QED) is 0.511. The second kappa shape index (κ2) is 6.12. The van der Waals surface area contributed by atoms with Crippen LogP contribution in [0, 0.1) is 0 Å². The number of fused-ring (bicyclic) bond motifs is 1. The zero-order valence-electron chi connectivity index (χ0n) is 12.0. The molecule has 4 nitrogen and oxygen atoms in total. The third-order valence-corrected chi connectivity index (χ3v) is 4.08. The van der Waals surface area contributed by atoms with E-state index in [-0.39, 0.29) is 11.9 Å². The zero-order chi connectivity index (χ0) is 15.5. The fourth-order valence-electron chi connectivity index (χ4n) is 2.70. The van der Waals surface area contributed by atoms with Crippen molar-refractivity contribution in [3.05, 3.63) is 70.9 Å². The lowest BCUT2D eigenvalue weighted by Crippen LogP contribution is -2.24. The molecule has 0 saturated heterocycles. The van der Waals surface area contributed by atoms with Gasteiger partial charge in [0.15, 0.2) is 5.96 Å². The van der Waals surface area contributed by atoms with Crippen LogP contribution in [0.2, 0.25) is 5.02 Å². The van der Waals surface area contributed by atoms with E-state index in [0.29, 0.717) is 11.6 Å². The molecular weight excluding hydrogens is 296 g/mol. The van der Waals surface area contributed by atoms with Crippen LogP contribution in [0.15, 0.2) is 59.7 Å². The van der Waals surface area contributed by atoms with Crippen molar-refractivity contribution < 1.29 is 0 Å². The van der Waals surface area contributed by atoms with E-state index in [9.17, 15) is 0 Å². The predicted octanol–water partition coefficient (Wildman–Crippen LogP) is 3.23. The normalized spacial score (nSPS) is 12.2. The van der Waals surface area contributed by atoms with E-state index >= 15 is 0 Å². The average molecular weight is 313 g/mol. The Morgan fingerprint density at radius 2 is 1.77 bits per heavy atom. The van der Waals surface area contributed by atoms with E-state index in [4.69, 9.17) is 23.1 Å². The van der Waals surface area contributed by atoms with Crippen molar-refractivity contribution in [1.82, 2.24) is 4.98 Å². The molecule has 1 aromatic heterocycles. The van der Waals surface area contributed by atoms with Crippen LogP contribution < -0.4 is 11.5 Å². The van der Waals surface area contributed by atoms with Crippen molar-refractivity contribution in [2.24, 2.45) is 16.5 Å². The number of rotatable bonds is 4. The van der Waals surface area contributed by atoms with Gasteiger partial charge in [0.25, 0.3) is 0 Å². The lowest BCUT2D eigenvalue weighted by Gasteiger charge is -2.16. The van der Waals surface area contributed by atoms with E-state index in [2.05, 4.69) is 16.0 Å². The molecule has 3 rings (SSSR count). The van der Waals surface area contributed by atoms with Gasteiger partial charge in [-0.1, -0.05) is 48.0 Å². The van der Waals surface area contributed by atoms with E-state index in [1.165, 1.54) is 0 Å². The highest BCUT2D eigenvalue weighted by Gasteiger charge is 2.20. The molecular formula is C17H17ClN4. The van der Waals surface area contributed by atoms with Crippen LogP contribution in [-0.4, -0.2) is 17.5 Å². The summed E-state index contributed by atoms with van der Waals surface area (Å²) < 4.78 is 0. The van der Waals surface area contributed by atoms with Gasteiger partial charge in [0.1, 0.15) is 0 Å². The van der Waals surface area contributed by atoms with Gasteiger partial charge >= 0.3 is 0 Å². The van der Waals surface area contributed by atoms with Crippen LogP contribution in [0.3, 0.4) is 0 Å². The first-order valence-corrected chi connectivity index (χ1v) is 7.40. The molecule has 0 unspecified atom stereocenters. The molecule has 1 heterocycles. The molecule has 3 aromatic rings. The molecule has 2 aromatic carbocycles. The summed E-state index contributed by atoms with van der Waals surface area (Å²) in [7, 11) is 0. The number of hydrogen-bond acceptors (Lipinski definition) is 1. The number of para-hydroxylation sites is 1. The van der Waals surface area contributed by atoms with Gasteiger partial charge in [-0.05, 0) is 23.3 Å². The molecule has 0 bridgehead atoms. The molecule has 0 aliphatic rings. The Labute approximate surface area is 133 Å². The van der Waals surface area contributed by atoms with Crippen molar-refractivity contribution in [2.45, 2.75) is 5.92 Å². The summed E-state index contributed by atoms with van der Waals surface area (Å²) in [6, 6.07) is 15.9. The summed E-state index contributed by atoms with van der Waals surface area (Å²) in [5.41, 5.74) is 14.2. The Kier molecular flexibility index (Phi) is 4.02. The summed E-state index contributed by atoms with van der Waals surface area (Å²) in [6.07, 6.45) is 2.00. The van der Waals surface area contributed by atoms with Gasteiger partial charge in [-0.15, -0.1) is 0 Å². The number of nitrogens with zero attached hydrogens (tertiary/aromatic N) is 1. The number of H-pyrrole nitrogens is 1. The van der Waals surface area contributed by atoms with Gasteiger partial charge < -0.3 is 16.5 Å². The maximum absolute atomic E-state index is 6.38. The summed E-state index contributed by atoms with van der Waals surface area (Å²) >= 11 is 6.38. The second-order valence-corrected chi connectivity index (χ2v) is 5.54. The smallest absolute Gasteiger partial charge is 0.185 e. The van der Waals surface area contributed by atoms with Crippen LogP contribution >= 0.6 is 11.6 Å². The van der Waals surface area contributed by atoms with Gasteiger partial charge in [-0.3, -0.25) is 4.99 Å². The van der Waals surface area contributed by atoms with Gasteiger partial charge in [0.05, 0.1) is 6.54 Å². The zero-order valence-corrected chi connectivity index (χ0v) is 12.7. The van der Waals surface area contributed by atoms with Crippen LogP contribution in [0.5, 0.6) is 0 Å². The van der Waals surface area contributed by atoms with E-state index in [0.717, 1.165) is 22.0 Å². The molecule has 5 heteroatoms. The Morgan fingerprint density at radius 3 is 2.55 bits per heavy atom. The fourth-order valence-corrected chi connectivity index (χ4v) is 2.97. The van der Waals surface area contributed by atoms with Crippen LogP contribution in [0.25, 0.3) is 10.9 Å². The molecule has 112 valence electrons. The SMILES string of the molecule is NC(N)=NC[C@@H](c1ccccc1Cl)c1c[nH]c2ccccc12. The minimum atomic E-state index is -0.00745. The second-order valence-electron chi connectivity index (χ2n) is 5.13. The number of aliphatic imine (C=N–C) groups is 1. The van der Waals surface area contributed by atoms with Crippen LogP contribution in [-0.2, 0) is 0 Å². The third kappa shape index (κ3) is 2.78. The first kappa shape index (κ1) is 14.5. The summed E-state index contributed by atoms with van der Waals surface area (Å²) in [5, 5.41) is 1.86. The molecule has 0 fully saturated rings. The molecule has 22 heavy (non-hydrogen) atoms. The number of aromatic amines is 1.